The first kappa shape index (κ1) is 24.5. The fourth-order valence-corrected chi connectivity index (χ4v) is 3.65. The van der Waals surface area contributed by atoms with Crippen LogP contribution in [-0.4, -0.2) is 11.3 Å². The highest BCUT2D eigenvalue weighted by molar-refractivity contribution is 9.09. The Balaban J connectivity index is 1.81. The Morgan fingerprint density at radius 2 is 1.19 bits per heavy atom. The third-order valence-corrected chi connectivity index (χ3v) is 5.64. The van der Waals surface area contributed by atoms with Crippen molar-refractivity contribution >= 4 is 33.5 Å². The summed E-state index contributed by atoms with van der Waals surface area (Å²) in [4.78, 5) is 11.8. The molecule has 1 rings (SSSR count). The lowest BCUT2D eigenvalue weighted by molar-refractivity contribution is -0.145. The maximum absolute atomic E-state index is 11.8. The minimum atomic E-state index is -0.0962. The number of esters is 1. The number of hydrogen-bond donors (Lipinski definition) is 0. The smallest absolute Gasteiger partial charge is 0.306 e. The Labute approximate surface area is 179 Å². The van der Waals surface area contributed by atoms with Gasteiger partial charge in [0.15, 0.2) is 0 Å². The Bertz CT molecular complexity index is 476. The van der Waals surface area contributed by atoms with Gasteiger partial charge in [0.1, 0.15) is 6.61 Å². The van der Waals surface area contributed by atoms with Gasteiger partial charge in [0.2, 0.25) is 0 Å². The second kappa shape index (κ2) is 17.6. The van der Waals surface area contributed by atoms with E-state index in [4.69, 9.17) is 16.3 Å². The normalized spacial score (nSPS) is 10.9. The monoisotopic (exact) mass is 458 g/mol. The van der Waals surface area contributed by atoms with E-state index in [1.807, 2.05) is 24.3 Å². The second-order valence-electron chi connectivity index (χ2n) is 7.32. The predicted octanol–water partition coefficient (Wildman–Crippen LogP) is 8.24. The molecule has 0 aliphatic heterocycles. The molecule has 4 heteroatoms. The molecule has 0 spiro atoms. The van der Waals surface area contributed by atoms with Gasteiger partial charge < -0.3 is 4.74 Å². The number of alkyl halides is 1. The summed E-state index contributed by atoms with van der Waals surface area (Å²) in [6, 6.07) is 7.41. The van der Waals surface area contributed by atoms with Crippen molar-refractivity contribution in [2.24, 2.45) is 0 Å². The number of hydrogen-bond acceptors (Lipinski definition) is 2. The summed E-state index contributed by atoms with van der Waals surface area (Å²) >= 11 is 9.32. The number of benzene rings is 1. The number of ether oxygens (including phenoxy) is 1. The van der Waals surface area contributed by atoms with Crippen LogP contribution >= 0.6 is 27.5 Å². The maximum atomic E-state index is 11.8. The molecule has 1 aromatic rings. The first-order chi connectivity index (χ1) is 13.2. The standard InChI is InChI=1S/C23H36BrClO2/c24-19-13-11-9-7-5-3-1-2-4-6-8-10-12-14-23(26)27-20-21-15-17-22(25)18-16-21/h15-18H,1-14,19-20H2. The molecule has 0 atom stereocenters. The predicted molar refractivity (Wildman–Crippen MR) is 120 cm³/mol. The Kier molecular flexibility index (Phi) is 15.9. The molecule has 0 amide bonds. The Morgan fingerprint density at radius 1 is 0.741 bits per heavy atom. The van der Waals surface area contributed by atoms with Crippen LogP contribution in [0.25, 0.3) is 0 Å². The lowest BCUT2D eigenvalue weighted by Crippen LogP contribution is -2.04. The molecule has 0 saturated heterocycles. The van der Waals surface area contributed by atoms with E-state index >= 15 is 0 Å². The number of rotatable bonds is 17. The molecule has 27 heavy (non-hydrogen) atoms. The zero-order chi connectivity index (χ0) is 19.6. The lowest BCUT2D eigenvalue weighted by atomic mass is 10.0. The summed E-state index contributed by atoms with van der Waals surface area (Å²) < 4.78 is 5.30. The van der Waals surface area contributed by atoms with Gasteiger partial charge in [-0.1, -0.05) is 110 Å². The van der Waals surface area contributed by atoms with Crippen molar-refractivity contribution in [2.75, 3.05) is 5.33 Å². The van der Waals surface area contributed by atoms with E-state index in [-0.39, 0.29) is 5.97 Å². The molecule has 0 aliphatic carbocycles. The molecule has 0 bridgehead atoms. The van der Waals surface area contributed by atoms with Crippen molar-refractivity contribution in [1.29, 1.82) is 0 Å². The van der Waals surface area contributed by atoms with Gasteiger partial charge in [-0.2, -0.15) is 0 Å². The van der Waals surface area contributed by atoms with Crippen LogP contribution in [0.5, 0.6) is 0 Å². The number of unbranched alkanes of at least 4 members (excludes halogenated alkanes) is 12. The number of carbonyl (C=O) groups excluding carboxylic acids is 1. The van der Waals surface area contributed by atoms with Gasteiger partial charge in [0.25, 0.3) is 0 Å². The number of carbonyl (C=O) groups is 1. The lowest BCUT2D eigenvalue weighted by Gasteiger charge is -2.05. The maximum Gasteiger partial charge on any atom is 0.306 e. The summed E-state index contributed by atoms with van der Waals surface area (Å²) in [5.74, 6) is -0.0962. The molecule has 0 N–H and O–H groups in total. The SMILES string of the molecule is O=C(CCCCCCCCCCCCCCCBr)OCc1ccc(Cl)cc1. The first-order valence-electron chi connectivity index (χ1n) is 10.7. The molecule has 0 fully saturated rings. The van der Waals surface area contributed by atoms with Crippen LogP contribution in [0.3, 0.4) is 0 Å². The van der Waals surface area contributed by atoms with Gasteiger partial charge in [-0.25, -0.2) is 0 Å². The molecule has 0 aromatic heterocycles. The molecule has 2 nitrogen and oxygen atoms in total. The summed E-state index contributed by atoms with van der Waals surface area (Å²) in [6.07, 6.45) is 17.5. The molecule has 0 heterocycles. The van der Waals surface area contributed by atoms with Crippen molar-refractivity contribution in [2.45, 2.75) is 96.5 Å². The quantitative estimate of drug-likeness (QED) is 0.133. The van der Waals surface area contributed by atoms with E-state index in [1.54, 1.807) is 0 Å². The summed E-state index contributed by atoms with van der Waals surface area (Å²) in [7, 11) is 0. The second-order valence-corrected chi connectivity index (χ2v) is 8.55. The zero-order valence-corrected chi connectivity index (χ0v) is 19.0. The van der Waals surface area contributed by atoms with E-state index in [9.17, 15) is 4.79 Å². The van der Waals surface area contributed by atoms with Crippen LogP contribution in [0.4, 0.5) is 0 Å². The molecule has 0 unspecified atom stereocenters. The van der Waals surface area contributed by atoms with E-state index in [0.29, 0.717) is 18.1 Å². The Morgan fingerprint density at radius 3 is 1.67 bits per heavy atom. The van der Waals surface area contributed by atoms with E-state index in [0.717, 1.165) is 23.7 Å². The summed E-state index contributed by atoms with van der Waals surface area (Å²) in [5, 5.41) is 1.85. The molecular formula is C23H36BrClO2. The number of halogens is 2. The van der Waals surface area contributed by atoms with Gasteiger partial charge >= 0.3 is 5.97 Å². The van der Waals surface area contributed by atoms with Crippen molar-refractivity contribution in [3.63, 3.8) is 0 Å². The highest BCUT2D eigenvalue weighted by Crippen LogP contribution is 2.14. The van der Waals surface area contributed by atoms with Gasteiger partial charge in [-0.15, -0.1) is 0 Å². The zero-order valence-electron chi connectivity index (χ0n) is 16.7. The van der Waals surface area contributed by atoms with E-state index in [1.165, 1.54) is 70.6 Å². The molecule has 1 aromatic carbocycles. The van der Waals surface area contributed by atoms with Crippen molar-refractivity contribution in [1.82, 2.24) is 0 Å². The average Bonchev–Trinajstić information content (AvgIpc) is 2.68. The van der Waals surface area contributed by atoms with Crippen molar-refractivity contribution in [3.8, 4) is 0 Å². The minimum absolute atomic E-state index is 0.0962. The Hall–Kier alpha value is -0.540. The van der Waals surface area contributed by atoms with Crippen LogP contribution in [0, 0.1) is 0 Å². The third-order valence-electron chi connectivity index (χ3n) is 4.83. The largest absolute Gasteiger partial charge is 0.461 e. The molecule has 0 aliphatic rings. The van der Waals surface area contributed by atoms with Crippen LogP contribution < -0.4 is 0 Å². The molecular weight excluding hydrogens is 424 g/mol. The van der Waals surface area contributed by atoms with E-state index in [2.05, 4.69) is 15.9 Å². The van der Waals surface area contributed by atoms with Crippen molar-refractivity contribution < 1.29 is 9.53 Å². The third kappa shape index (κ3) is 15.1. The van der Waals surface area contributed by atoms with Gasteiger partial charge in [0.05, 0.1) is 0 Å². The van der Waals surface area contributed by atoms with Gasteiger partial charge in [-0.3, -0.25) is 4.79 Å². The fraction of sp³-hybridized carbons (Fsp3) is 0.696. The molecule has 0 radical (unpaired) electrons. The fourth-order valence-electron chi connectivity index (χ4n) is 3.12. The van der Waals surface area contributed by atoms with Gasteiger partial charge in [-0.05, 0) is 30.5 Å². The van der Waals surface area contributed by atoms with Gasteiger partial charge in [0, 0.05) is 16.8 Å². The molecule has 0 saturated carbocycles. The molecule has 154 valence electrons. The minimum Gasteiger partial charge on any atom is -0.461 e. The van der Waals surface area contributed by atoms with E-state index < -0.39 is 0 Å². The van der Waals surface area contributed by atoms with Crippen molar-refractivity contribution in [3.05, 3.63) is 34.9 Å². The topological polar surface area (TPSA) is 26.3 Å². The average molecular weight is 460 g/mol. The van der Waals surface area contributed by atoms with Crippen LogP contribution in [0.15, 0.2) is 24.3 Å². The van der Waals surface area contributed by atoms with Crippen LogP contribution in [0.1, 0.15) is 95.5 Å². The summed E-state index contributed by atoms with van der Waals surface area (Å²) in [5.41, 5.74) is 0.978. The van der Waals surface area contributed by atoms with Crippen LogP contribution in [-0.2, 0) is 16.1 Å². The highest BCUT2D eigenvalue weighted by atomic mass is 79.9. The first-order valence-corrected chi connectivity index (χ1v) is 12.2. The van der Waals surface area contributed by atoms with Crippen LogP contribution in [0.2, 0.25) is 5.02 Å². The summed E-state index contributed by atoms with van der Waals surface area (Å²) in [6.45, 7) is 0.340. The highest BCUT2D eigenvalue weighted by Gasteiger charge is 2.03.